The van der Waals surface area contributed by atoms with Crippen molar-refractivity contribution in [1.29, 1.82) is 0 Å². The third-order valence-corrected chi connectivity index (χ3v) is 5.30. The molecule has 2 atom stereocenters. The number of likely N-dealkylation sites (N-methyl/N-ethyl adjacent to an activating group) is 1. The van der Waals surface area contributed by atoms with Gasteiger partial charge in [-0.25, -0.2) is 0 Å². The number of hydrogen-bond acceptors (Lipinski definition) is 3. The molecule has 1 saturated carbocycles. The molecular formula is C17H29NOS. The van der Waals surface area contributed by atoms with Gasteiger partial charge in [-0.3, -0.25) is 0 Å². The largest absolute Gasteiger partial charge is 0.377 e. The van der Waals surface area contributed by atoms with Crippen LogP contribution in [0.1, 0.15) is 51.0 Å². The van der Waals surface area contributed by atoms with E-state index >= 15 is 0 Å². The Hall–Kier alpha value is -0.380. The minimum absolute atomic E-state index is 0.393. The predicted molar refractivity (Wildman–Crippen MR) is 87.5 cm³/mol. The first-order valence-corrected chi connectivity index (χ1v) is 9.09. The predicted octanol–water partition coefficient (Wildman–Crippen LogP) is 4.25. The van der Waals surface area contributed by atoms with Crippen molar-refractivity contribution < 1.29 is 4.74 Å². The van der Waals surface area contributed by atoms with Crippen LogP contribution in [-0.2, 0) is 11.2 Å². The molecule has 0 spiro atoms. The van der Waals surface area contributed by atoms with Gasteiger partial charge in [0.2, 0.25) is 0 Å². The average Bonchev–Trinajstić information content (AvgIpc) is 3.01. The molecule has 1 fully saturated rings. The summed E-state index contributed by atoms with van der Waals surface area (Å²) in [7, 11) is 2.09. The molecule has 0 radical (unpaired) electrons. The summed E-state index contributed by atoms with van der Waals surface area (Å²) in [5, 5.41) is 7.96. The van der Waals surface area contributed by atoms with E-state index < -0.39 is 0 Å². The minimum Gasteiger partial charge on any atom is -0.377 e. The Kier molecular flexibility index (Phi) is 7.05. The summed E-state index contributed by atoms with van der Waals surface area (Å²) in [6.45, 7) is 2.96. The Morgan fingerprint density at radius 3 is 2.75 bits per heavy atom. The molecule has 1 aliphatic carbocycles. The Morgan fingerprint density at radius 2 is 2.15 bits per heavy atom. The van der Waals surface area contributed by atoms with Gasteiger partial charge in [-0.15, -0.1) is 0 Å². The fourth-order valence-electron chi connectivity index (χ4n) is 3.47. The second-order valence-corrected chi connectivity index (χ2v) is 6.66. The van der Waals surface area contributed by atoms with Crippen molar-refractivity contribution in [3.05, 3.63) is 22.4 Å². The zero-order valence-electron chi connectivity index (χ0n) is 12.9. The van der Waals surface area contributed by atoms with E-state index in [1.54, 1.807) is 11.3 Å². The van der Waals surface area contributed by atoms with Gasteiger partial charge in [0.15, 0.2) is 0 Å². The lowest BCUT2D eigenvalue weighted by molar-refractivity contribution is -0.0176. The lowest BCUT2D eigenvalue weighted by atomic mass is 9.81. The van der Waals surface area contributed by atoms with Crippen molar-refractivity contribution >= 4 is 11.3 Å². The van der Waals surface area contributed by atoms with Gasteiger partial charge in [-0.1, -0.05) is 19.3 Å². The van der Waals surface area contributed by atoms with Crippen molar-refractivity contribution in [3.63, 3.8) is 0 Å². The van der Waals surface area contributed by atoms with Crippen LogP contribution < -0.4 is 5.32 Å². The number of nitrogens with one attached hydrogen (secondary N) is 1. The molecular weight excluding hydrogens is 266 g/mol. The third kappa shape index (κ3) is 4.57. The summed E-state index contributed by atoms with van der Waals surface area (Å²) in [5.74, 6) is 0.753. The van der Waals surface area contributed by atoms with Gasteiger partial charge >= 0.3 is 0 Å². The van der Waals surface area contributed by atoms with Crippen molar-refractivity contribution in [2.45, 2.75) is 64.0 Å². The van der Waals surface area contributed by atoms with E-state index in [1.807, 2.05) is 0 Å². The van der Waals surface area contributed by atoms with Crippen LogP contribution in [0, 0.1) is 5.92 Å². The maximum atomic E-state index is 6.14. The van der Waals surface area contributed by atoms with Gasteiger partial charge in [0, 0.05) is 12.6 Å². The highest BCUT2D eigenvalue weighted by molar-refractivity contribution is 7.07. The Bertz CT molecular complexity index is 346. The van der Waals surface area contributed by atoms with Crippen LogP contribution in [0.2, 0.25) is 0 Å². The first-order valence-electron chi connectivity index (χ1n) is 8.15. The summed E-state index contributed by atoms with van der Waals surface area (Å²) in [4.78, 5) is 0. The topological polar surface area (TPSA) is 21.3 Å². The maximum Gasteiger partial charge on any atom is 0.0755 e. The summed E-state index contributed by atoms with van der Waals surface area (Å²) < 4.78 is 6.14. The highest BCUT2D eigenvalue weighted by Gasteiger charge is 2.30. The fourth-order valence-corrected chi connectivity index (χ4v) is 4.17. The smallest absolute Gasteiger partial charge is 0.0755 e. The molecule has 0 aliphatic heterocycles. The molecule has 0 saturated heterocycles. The van der Waals surface area contributed by atoms with E-state index in [2.05, 4.69) is 36.1 Å². The molecule has 0 aromatic carbocycles. The number of ether oxygens (including phenoxy) is 1. The van der Waals surface area contributed by atoms with E-state index in [0.29, 0.717) is 12.1 Å². The fraction of sp³-hybridized carbons (Fsp3) is 0.765. The van der Waals surface area contributed by atoms with E-state index in [9.17, 15) is 0 Å². The molecule has 1 N–H and O–H groups in total. The van der Waals surface area contributed by atoms with Crippen LogP contribution in [-0.4, -0.2) is 25.8 Å². The average molecular weight is 295 g/mol. The second kappa shape index (κ2) is 8.81. The van der Waals surface area contributed by atoms with Gasteiger partial charge in [0.05, 0.1) is 6.10 Å². The SMILES string of the molecule is CCOC(C1CCCCC1)C(CCc1ccsc1)NC. The molecule has 2 rings (SSSR count). The molecule has 2 unspecified atom stereocenters. The highest BCUT2D eigenvalue weighted by Crippen LogP contribution is 2.30. The molecule has 2 nitrogen and oxygen atoms in total. The Labute approximate surface area is 127 Å². The lowest BCUT2D eigenvalue weighted by Gasteiger charge is -2.35. The molecule has 114 valence electrons. The van der Waals surface area contributed by atoms with Crippen LogP contribution in [0.3, 0.4) is 0 Å². The normalized spacial score (nSPS) is 19.9. The first-order chi connectivity index (χ1) is 9.85. The zero-order valence-corrected chi connectivity index (χ0v) is 13.8. The summed E-state index contributed by atoms with van der Waals surface area (Å²) in [6, 6.07) is 2.73. The van der Waals surface area contributed by atoms with Gasteiger partial charge in [-0.05, 0) is 68.0 Å². The Balaban J connectivity index is 1.92. The summed E-state index contributed by atoms with van der Waals surface area (Å²) in [6.07, 6.45) is 9.60. The van der Waals surface area contributed by atoms with Gasteiger partial charge < -0.3 is 10.1 Å². The van der Waals surface area contributed by atoms with E-state index in [1.165, 1.54) is 44.1 Å². The second-order valence-electron chi connectivity index (χ2n) is 5.88. The number of rotatable bonds is 8. The van der Waals surface area contributed by atoms with Crippen molar-refractivity contribution in [3.8, 4) is 0 Å². The van der Waals surface area contributed by atoms with Crippen LogP contribution in [0.25, 0.3) is 0 Å². The molecule has 1 aromatic rings. The minimum atomic E-state index is 0.393. The van der Waals surface area contributed by atoms with Crippen LogP contribution in [0.5, 0.6) is 0 Å². The maximum absolute atomic E-state index is 6.14. The number of thiophene rings is 1. The van der Waals surface area contributed by atoms with E-state index in [-0.39, 0.29) is 0 Å². The van der Waals surface area contributed by atoms with Gasteiger partial charge in [0.1, 0.15) is 0 Å². The van der Waals surface area contributed by atoms with Crippen molar-refractivity contribution in [2.24, 2.45) is 5.92 Å². The van der Waals surface area contributed by atoms with Crippen molar-refractivity contribution in [1.82, 2.24) is 5.32 Å². The van der Waals surface area contributed by atoms with E-state index in [4.69, 9.17) is 4.74 Å². The number of aryl methyl sites for hydroxylation is 1. The molecule has 20 heavy (non-hydrogen) atoms. The quantitative estimate of drug-likeness (QED) is 0.774. The zero-order chi connectivity index (χ0) is 14.2. The first kappa shape index (κ1) is 16.0. The molecule has 0 amide bonds. The summed E-state index contributed by atoms with van der Waals surface area (Å²) >= 11 is 1.79. The monoisotopic (exact) mass is 295 g/mol. The van der Waals surface area contributed by atoms with Gasteiger partial charge in [-0.2, -0.15) is 11.3 Å². The molecule has 1 aromatic heterocycles. The van der Waals surface area contributed by atoms with Crippen LogP contribution in [0.15, 0.2) is 16.8 Å². The van der Waals surface area contributed by atoms with Crippen LogP contribution >= 0.6 is 11.3 Å². The molecule has 3 heteroatoms. The van der Waals surface area contributed by atoms with E-state index in [0.717, 1.165) is 18.9 Å². The van der Waals surface area contributed by atoms with Gasteiger partial charge in [0.25, 0.3) is 0 Å². The third-order valence-electron chi connectivity index (χ3n) is 4.57. The lowest BCUT2D eigenvalue weighted by Crippen LogP contribution is -2.45. The Morgan fingerprint density at radius 1 is 1.35 bits per heavy atom. The number of hydrogen-bond donors (Lipinski definition) is 1. The molecule has 1 heterocycles. The molecule has 1 aliphatic rings. The summed E-state index contributed by atoms with van der Waals surface area (Å²) in [5.41, 5.74) is 1.47. The standard InChI is InChI=1S/C17H29NOS/c1-3-19-17(15-7-5-4-6-8-15)16(18-2)10-9-14-11-12-20-13-14/h11-13,15-18H,3-10H2,1-2H3. The van der Waals surface area contributed by atoms with Crippen LogP contribution in [0.4, 0.5) is 0 Å². The molecule has 0 bridgehead atoms. The highest BCUT2D eigenvalue weighted by atomic mass is 32.1. The van der Waals surface area contributed by atoms with Crippen molar-refractivity contribution in [2.75, 3.05) is 13.7 Å².